The van der Waals surface area contributed by atoms with Crippen LogP contribution < -0.4 is 15.6 Å². The van der Waals surface area contributed by atoms with Crippen molar-refractivity contribution in [2.24, 2.45) is 0 Å². The van der Waals surface area contributed by atoms with Gasteiger partial charge in [-0.05, 0) is 43.2 Å². The number of hydrogen-bond donors (Lipinski definition) is 1. The van der Waals surface area contributed by atoms with Gasteiger partial charge in [-0.1, -0.05) is 18.6 Å². The van der Waals surface area contributed by atoms with Crippen LogP contribution in [0.4, 0.5) is 5.69 Å². The van der Waals surface area contributed by atoms with Crippen LogP contribution in [0.15, 0.2) is 47.3 Å². The number of carbonyl (C=O) groups is 1. The molecule has 0 bridgehead atoms. The molecule has 0 aliphatic carbocycles. The maximum atomic E-state index is 12.8. The zero-order valence-electron chi connectivity index (χ0n) is 15.2. The molecule has 4 rings (SSSR count). The fraction of sp³-hybridized carbons (Fsp3) is 0.286. The fourth-order valence-electron chi connectivity index (χ4n) is 3.50. The Morgan fingerprint density at radius 1 is 1.15 bits per heavy atom. The van der Waals surface area contributed by atoms with E-state index in [0.717, 1.165) is 31.5 Å². The van der Waals surface area contributed by atoms with Crippen LogP contribution in [0.2, 0.25) is 0 Å². The van der Waals surface area contributed by atoms with Crippen LogP contribution in [0, 0.1) is 0 Å². The van der Waals surface area contributed by atoms with Crippen LogP contribution in [0.25, 0.3) is 10.9 Å². The molecule has 0 unspecified atom stereocenters. The average Bonchev–Trinajstić information content (AvgIpc) is 2.94. The molecular weight excluding hydrogens is 342 g/mol. The van der Waals surface area contributed by atoms with Crippen molar-refractivity contribution in [3.05, 3.63) is 64.2 Å². The van der Waals surface area contributed by atoms with Crippen LogP contribution in [0.5, 0.6) is 5.75 Å². The Balaban J connectivity index is 1.71. The molecule has 1 aliphatic rings. The standard InChI is InChI=1S/C21H21N3O3/c1-27-18-8-5-4-7-16(18)23-20(25)14-10-11-15-17(13-14)22-19-9-3-2-6-12-24(19)21(15)26/h4-5,7-8,10-11,13H,2-3,6,9,12H2,1H3,(H,23,25). The van der Waals surface area contributed by atoms with Crippen molar-refractivity contribution in [1.82, 2.24) is 9.55 Å². The van der Waals surface area contributed by atoms with E-state index in [9.17, 15) is 9.59 Å². The summed E-state index contributed by atoms with van der Waals surface area (Å²) in [6.45, 7) is 0.715. The van der Waals surface area contributed by atoms with Crippen LogP contribution in [-0.4, -0.2) is 22.6 Å². The number of methoxy groups -OCH3 is 1. The lowest BCUT2D eigenvalue weighted by molar-refractivity contribution is 0.102. The van der Waals surface area contributed by atoms with Gasteiger partial charge in [0.1, 0.15) is 11.6 Å². The van der Waals surface area contributed by atoms with E-state index in [2.05, 4.69) is 10.3 Å². The van der Waals surface area contributed by atoms with Crippen LogP contribution >= 0.6 is 0 Å². The molecule has 2 aromatic carbocycles. The summed E-state index contributed by atoms with van der Waals surface area (Å²) in [5.41, 5.74) is 1.60. The minimum Gasteiger partial charge on any atom is -0.495 e. The number of aryl methyl sites for hydroxylation is 1. The molecule has 0 radical (unpaired) electrons. The number of benzene rings is 2. The van der Waals surface area contributed by atoms with Gasteiger partial charge in [0.25, 0.3) is 11.5 Å². The molecule has 1 aliphatic heterocycles. The topological polar surface area (TPSA) is 73.2 Å². The summed E-state index contributed by atoms with van der Waals surface area (Å²) in [5.74, 6) is 1.14. The number of anilines is 1. The number of para-hydroxylation sites is 2. The minimum absolute atomic E-state index is 0.0198. The first kappa shape index (κ1) is 17.3. The Morgan fingerprint density at radius 3 is 2.85 bits per heavy atom. The van der Waals surface area contributed by atoms with Crippen molar-refractivity contribution in [2.45, 2.75) is 32.2 Å². The fourth-order valence-corrected chi connectivity index (χ4v) is 3.50. The number of amides is 1. The molecule has 138 valence electrons. The second kappa shape index (κ2) is 7.23. The quantitative estimate of drug-likeness (QED) is 0.774. The molecule has 27 heavy (non-hydrogen) atoms. The third kappa shape index (κ3) is 3.30. The van der Waals surface area contributed by atoms with Gasteiger partial charge in [-0.25, -0.2) is 4.98 Å². The van der Waals surface area contributed by atoms with E-state index in [1.807, 2.05) is 12.1 Å². The molecule has 2 heterocycles. The summed E-state index contributed by atoms with van der Waals surface area (Å²) in [4.78, 5) is 30.1. The molecule has 0 fully saturated rings. The molecule has 1 aromatic heterocycles. The molecule has 0 spiro atoms. The molecule has 3 aromatic rings. The predicted octanol–water partition coefficient (Wildman–Crippen LogP) is 3.38. The number of fused-ring (bicyclic) bond motifs is 2. The summed E-state index contributed by atoms with van der Waals surface area (Å²) < 4.78 is 7.05. The van der Waals surface area contributed by atoms with Crippen LogP contribution in [0.3, 0.4) is 0 Å². The number of rotatable bonds is 3. The van der Waals surface area contributed by atoms with E-state index in [-0.39, 0.29) is 11.5 Å². The second-order valence-electron chi connectivity index (χ2n) is 6.68. The highest BCUT2D eigenvalue weighted by molar-refractivity contribution is 6.06. The Hall–Kier alpha value is -3.15. The van der Waals surface area contributed by atoms with Crippen molar-refractivity contribution >= 4 is 22.5 Å². The Morgan fingerprint density at radius 2 is 2.00 bits per heavy atom. The van der Waals surface area contributed by atoms with Gasteiger partial charge in [-0.2, -0.15) is 0 Å². The highest BCUT2D eigenvalue weighted by atomic mass is 16.5. The smallest absolute Gasteiger partial charge is 0.261 e. The number of hydrogen-bond acceptors (Lipinski definition) is 4. The Labute approximate surface area is 156 Å². The van der Waals surface area contributed by atoms with Crippen molar-refractivity contribution in [2.75, 3.05) is 12.4 Å². The second-order valence-corrected chi connectivity index (χ2v) is 6.68. The molecule has 1 N–H and O–H groups in total. The van der Waals surface area contributed by atoms with E-state index in [4.69, 9.17) is 4.74 Å². The van der Waals surface area contributed by atoms with Gasteiger partial charge in [0, 0.05) is 18.5 Å². The van der Waals surface area contributed by atoms with Crippen LogP contribution in [-0.2, 0) is 13.0 Å². The van der Waals surface area contributed by atoms with Crippen molar-refractivity contribution in [1.29, 1.82) is 0 Å². The zero-order valence-corrected chi connectivity index (χ0v) is 15.2. The molecule has 6 nitrogen and oxygen atoms in total. The highest BCUT2D eigenvalue weighted by Gasteiger charge is 2.16. The van der Waals surface area contributed by atoms with E-state index in [1.54, 1.807) is 42.0 Å². The third-order valence-electron chi connectivity index (χ3n) is 4.93. The molecule has 0 saturated heterocycles. The van der Waals surface area contributed by atoms with Crippen LogP contribution in [0.1, 0.15) is 35.4 Å². The van der Waals surface area contributed by atoms with Gasteiger partial charge in [-0.3, -0.25) is 14.2 Å². The lowest BCUT2D eigenvalue weighted by atomic mass is 10.1. The lowest BCUT2D eigenvalue weighted by Crippen LogP contribution is -2.24. The number of ether oxygens (including phenoxy) is 1. The van der Waals surface area contributed by atoms with E-state index in [1.165, 1.54) is 0 Å². The van der Waals surface area contributed by atoms with Gasteiger partial charge < -0.3 is 10.1 Å². The highest BCUT2D eigenvalue weighted by Crippen LogP contribution is 2.24. The number of carbonyl (C=O) groups excluding carboxylic acids is 1. The van der Waals surface area contributed by atoms with Gasteiger partial charge >= 0.3 is 0 Å². The first-order chi connectivity index (χ1) is 13.2. The monoisotopic (exact) mass is 363 g/mol. The lowest BCUT2D eigenvalue weighted by Gasteiger charge is -2.12. The first-order valence-electron chi connectivity index (χ1n) is 9.15. The van der Waals surface area contributed by atoms with Gasteiger partial charge in [-0.15, -0.1) is 0 Å². The van der Waals surface area contributed by atoms with Crippen molar-refractivity contribution in [3.63, 3.8) is 0 Å². The summed E-state index contributed by atoms with van der Waals surface area (Å²) in [6.07, 6.45) is 3.93. The summed E-state index contributed by atoms with van der Waals surface area (Å²) in [5, 5.41) is 3.40. The van der Waals surface area contributed by atoms with Crippen molar-refractivity contribution in [3.8, 4) is 5.75 Å². The first-order valence-corrected chi connectivity index (χ1v) is 9.15. The van der Waals surface area contributed by atoms with E-state index < -0.39 is 0 Å². The third-order valence-corrected chi connectivity index (χ3v) is 4.93. The number of nitrogens with one attached hydrogen (secondary N) is 1. The van der Waals surface area contributed by atoms with E-state index in [0.29, 0.717) is 34.4 Å². The maximum Gasteiger partial charge on any atom is 0.261 e. The van der Waals surface area contributed by atoms with Gasteiger partial charge in [0.15, 0.2) is 0 Å². The SMILES string of the molecule is COc1ccccc1NC(=O)c1ccc2c(=O)n3c(nc2c1)CCCCC3. The molecule has 0 saturated carbocycles. The normalized spacial score (nSPS) is 13.7. The number of aromatic nitrogens is 2. The summed E-state index contributed by atoms with van der Waals surface area (Å²) in [6, 6.07) is 12.3. The van der Waals surface area contributed by atoms with Crippen molar-refractivity contribution < 1.29 is 9.53 Å². The van der Waals surface area contributed by atoms with Gasteiger partial charge in [0.05, 0.1) is 23.7 Å². The molecule has 1 amide bonds. The maximum absolute atomic E-state index is 12.8. The number of nitrogens with zero attached hydrogens (tertiary/aromatic N) is 2. The zero-order chi connectivity index (χ0) is 18.8. The average molecular weight is 363 g/mol. The Bertz CT molecular complexity index is 1070. The largest absolute Gasteiger partial charge is 0.495 e. The molecule has 6 heteroatoms. The molecular formula is C21H21N3O3. The summed E-state index contributed by atoms with van der Waals surface area (Å²) in [7, 11) is 1.56. The minimum atomic E-state index is -0.266. The predicted molar refractivity (Wildman–Crippen MR) is 105 cm³/mol. The Kier molecular flexibility index (Phi) is 4.62. The van der Waals surface area contributed by atoms with Gasteiger partial charge in [0.2, 0.25) is 0 Å². The van der Waals surface area contributed by atoms with E-state index >= 15 is 0 Å². The summed E-state index contributed by atoms with van der Waals surface area (Å²) >= 11 is 0. The molecule has 0 atom stereocenters.